The van der Waals surface area contributed by atoms with Gasteiger partial charge in [-0.1, -0.05) is 12.2 Å². The van der Waals surface area contributed by atoms with Crippen LogP contribution in [0.4, 0.5) is 34.0 Å². The molecule has 0 fully saturated rings. The van der Waals surface area contributed by atoms with Crippen LogP contribution >= 0.6 is 0 Å². The van der Waals surface area contributed by atoms with Crippen LogP contribution in [0.1, 0.15) is 24.0 Å². The molecule has 35 heavy (non-hydrogen) atoms. The van der Waals surface area contributed by atoms with E-state index in [2.05, 4.69) is 25.7 Å². The molecule has 0 aliphatic heterocycles. The molecule has 0 radical (unpaired) electrons. The SMILES string of the molecule is CCn1cc(C2C=CC=C(NC(=O)Nc3ccc(C(F)(F)F)cc3)C2F)c(-c2ccnc(N)n2)n1. The number of alkyl halides is 4. The largest absolute Gasteiger partial charge is 0.416 e. The molecule has 0 bridgehead atoms. The number of allylic oxidation sites excluding steroid dienone is 4. The molecule has 8 nitrogen and oxygen atoms in total. The Morgan fingerprint density at radius 3 is 2.57 bits per heavy atom. The average Bonchev–Trinajstić information content (AvgIpc) is 3.24. The number of nitrogen functional groups attached to an aromatic ring is 1. The maximum Gasteiger partial charge on any atom is 0.416 e. The number of amides is 2. The van der Waals surface area contributed by atoms with Gasteiger partial charge in [-0.25, -0.2) is 19.2 Å². The lowest BCUT2D eigenvalue weighted by molar-refractivity contribution is -0.137. The highest BCUT2D eigenvalue weighted by atomic mass is 19.4. The van der Waals surface area contributed by atoms with Crippen molar-refractivity contribution in [2.24, 2.45) is 0 Å². The fourth-order valence-corrected chi connectivity index (χ4v) is 3.62. The third-order valence-corrected chi connectivity index (χ3v) is 5.32. The van der Waals surface area contributed by atoms with Crippen LogP contribution in [-0.2, 0) is 12.7 Å². The van der Waals surface area contributed by atoms with E-state index in [-0.39, 0.29) is 17.3 Å². The molecule has 12 heteroatoms. The Morgan fingerprint density at radius 1 is 1.17 bits per heavy atom. The predicted octanol–water partition coefficient (Wildman–Crippen LogP) is 4.66. The Morgan fingerprint density at radius 2 is 1.91 bits per heavy atom. The Hall–Kier alpha value is -4.22. The lowest BCUT2D eigenvalue weighted by Crippen LogP contribution is -2.34. The average molecular weight is 487 g/mol. The van der Waals surface area contributed by atoms with Crippen molar-refractivity contribution >= 4 is 17.7 Å². The number of hydrogen-bond donors (Lipinski definition) is 3. The van der Waals surface area contributed by atoms with Crippen LogP contribution in [0.5, 0.6) is 0 Å². The molecular formula is C23H21F4N7O. The van der Waals surface area contributed by atoms with E-state index in [1.807, 2.05) is 6.92 Å². The summed E-state index contributed by atoms with van der Waals surface area (Å²) >= 11 is 0. The number of rotatable bonds is 5. The first-order valence-electron chi connectivity index (χ1n) is 10.6. The number of aromatic nitrogens is 4. The molecule has 2 amide bonds. The summed E-state index contributed by atoms with van der Waals surface area (Å²) in [6.45, 7) is 2.43. The lowest BCUT2D eigenvalue weighted by Gasteiger charge is -2.24. The highest BCUT2D eigenvalue weighted by molar-refractivity contribution is 5.90. The molecule has 3 aromatic rings. The molecule has 4 N–H and O–H groups in total. The molecule has 2 unspecified atom stereocenters. The summed E-state index contributed by atoms with van der Waals surface area (Å²) in [5.41, 5.74) is 6.38. The third kappa shape index (κ3) is 5.31. The van der Waals surface area contributed by atoms with E-state index in [1.165, 1.54) is 12.3 Å². The first-order chi connectivity index (χ1) is 16.7. The number of nitrogens with one attached hydrogen (secondary N) is 2. The zero-order chi connectivity index (χ0) is 25.2. The van der Waals surface area contributed by atoms with Crippen molar-refractivity contribution in [3.05, 3.63) is 77.8 Å². The number of aryl methyl sites for hydroxylation is 1. The van der Waals surface area contributed by atoms with Gasteiger partial charge in [-0.3, -0.25) is 4.68 Å². The highest BCUT2D eigenvalue weighted by Crippen LogP contribution is 2.36. The fourth-order valence-electron chi connectivity index (χ4n) is 3.62. The Bertz CT molecular complexity index is 1280. The molecule has 2 heterocycles. The minimum Gasteiger partial charge on any atom is -0.368 e. The molecule has 1 aliphatic rings. The van der Waals surface area contributed by atoms with Crippen molar-refractivity contribution in [2.75, 3.05) is 11.1 Å². The van der Waals surface area contributed by atoms with Crippen molar-refractivity contribution in [2.45, 2.75) is 31.7 Å². The van der Waals surface area contributed by atoms with Crippen LogP contribution in [0.2, 0.25) is 0 Å². The smallest absolute Gasteiger partial charge is 0.368 e. The second-order valence-electron chi connectivity index (χ2n) is 7.68. The van der Waals surface area contributed by atoms with E-state index in [4.69, 9.17) is 5.73 Å². The summed E-state index contributed by atoms with van der Waals surface area (Å²) in [7, 11) is 0. The normalized spacial score (nSPS) is 17.7. The predicted molar refractivity (Wildman–Crippen MR) is 122 cm³/mol. The van der Waals surface area contributed by atoms with Crippen LogP contribution in [-0.4, -0.2) is 32.0 Å². The maximum atomic E-state index is 15.6. The van der Waals surface area contributed by atoms with E-state index in [1.54, 1.807) is 29.1 Å². The van der Waals surface area contributed by atoms with Gasteiger partial charge in [0.1, 0.15) is 5.69 Å². The van der Waals surface area contributed by atoms with Crippen LogP contribution in [0, 0.1) is 0 Å². The number of anilines is 2. The maximum absolute atomic E-state index is 15.6. The second kappa shape index (κ2) is 9.57. The van der Waals surface area contributed by atoms with Gasteiger partial charge in [0.25, 0.3) is 0 Å². The monoisotopic (exact) mass is 487 g/mol. The zero-order valence-corrected chi connectivity index (χ0v) is 18.4. The van der Waals surface area contributed by atoms with Gasteiger partial charge in [0.15, 0.2) is 6.17 Å². The van der Waals surface area contributed by atoms with Gasteiger partial charge < -0.3 is 16.4 Å². The Labute approximate surface area is 197 Å². The molecule has 0 saturated heterocycles. The minimum absolute atomic E-state index is 0.0145. The standard InChI is InChI=1S/C23H21F4N7O/c1-2-34-12-16(20(33-34)18-10-11-29-21(28)31-18)15-4-3-5-17(19(15)24)32-22(35)30-14-8-6-13(7-9-14)23(25,26)27/h3-12,15,19H,2H2,1H3,(H2,28,29,31)(H2,30,32,35). The van der Waals surface area contributed by atoms with Gasteiger partial charge >= 0.3 is 12.2 Å². The van der Waals surface area contributed by atoms with Gasteiger partial charge in [0, 0.05) is 36.1 Å². The van der Waals surface area contributed by atoms with Crippen molar-refractivity contribution in [3.8, 4) is 11.4 Å². The number of carbonyl (C=O) groups excluding carboxylic acids is 1. The molecule has 1 aromatic carbocycles. The lowest BCUT2D eigenvalue weighted by atomic mass is 9.88. The highest BCUT2D eigenvalue weighted by Gasteiger charge is 2.32. The minimum atomic E-state index is -4.49. The van der Waals surface area contributed by atoms with Crippen molar-refractivity contribution in [1.82, 2.24) is 25.1 Å². The van der Waals surface area contributed by atoms with E-state index in [0.29, 0.717) is 23.5 Å². The van der Waals surface area contributed by atoms with Gasteiger partial charge in [-0.05, 0) is 43.3 Å². The Balaban J connectivity index is 1.51. The summed E-state index contributed by atoms with van der Waals surface area (Å²) in [5, 5.41) is 9.33. The van der Waals surface area contributed by atoms with E-state index < -0.39 is 29.9 Å². The molecule has 2 atom stereocenters. The summed E-state index contributed by atoms with van der Waals surface area (Å²) in [6, 6.07) is 4.76. The summed E-state index contributed by atoms with van der Waals surface area (Å²) in [6.07, 6.45) is 1.74. The van der Waals surface area contributed by atoms with Crippen molar-refractivity contribution in [1.29, 1.82) is 0 Å². The molecule has 0 spiro atoms. The zero-order valence-electron chi connectivity index (χ0n) is 18.4. The Kier molecular flexibility index (Phi) is 6.54. The van der Waals surface area contributed by atoms with Crippen molar-refractivity contribution in [3.63, 3.8) is 0 Å². The van der Waals surface area contributed by atoms with Gasteiger partial charge in [0.2, 0.25) is 5.95 Å². The number of urea groups is 1. The molecular weight excluding hydrogens is 466 g/mol. The first-order valence-corrected chi connectivity index (χ1v) is 10.6. The van der Waals surface area contributed by atoms with Crippen molar-refractivity contribution < 1.29 is 22.4 Å². The van der Waals surface area contributed by atoms with Gasteiger partial charge in [-0.15, -0.1) is 0 Å². The number of halogens is 4. The summed E-state index contributed by atoms with van der Waals surface area (Å²) in [5.74, 6) is -0.731. The number of hydrogen-bond acceptors (Lipinski definition) is 5. The molecule has 4 rings (SSSR count). The fraction of sp³-hybridized carbons (Fsp3) is 0.217. The summed E-state index contributed by atoms with van der Waals surface area (Å²) < 4.78 is 55.4. The number of nitrogens with two attached hydrogens (primary N) is 1. The van der Waals surface area contributed by atoms with E-state index in [0.717, 1.165) is 24.3 Å². The third-order valence-electron chi connectivity index (χ3n) is 5.32. The summed E-state index contributed by atoms with van der Waals surface area (Å²) in [4.78, 5) is 20.5. The first kappa shape index (κ1) is 23.9. The van der Waals surface area contributed by atoms with Crippen LogP contribution in [0.15, 0.2) is 66.7 Å². The van der Waals surface area contributed by atoms with Gasteiger partial charge in [-0.2, -0.15) is 18.3 Å². The molecule has 2 aromatic heterocycles. The number of carbonyl (C=O) groups is 1. The van der Waals surface area contributed by atoms with Crippen LogP contribution < -0.4 is 16.4 Å². The molecule has 182 valence electrons. The van der Waals surface area contributed by atoms with E-state index in [9.17, 15) is 18.0 Å². The quantitative estimate of drug-likeness (QED) is 0.454. The van der Waals surface area contributed by atoms with Gasteiger partial charge in [0.05, 0.1) is 17.0 Å². The molecule has 0 saturated carbocycles. The second-order valence-corrected chi connectivity index (χ2v) is 7.68. The van der Waals surface area contributed by atoms with E-state index >= 15 is 4.39 Å². The number of nitrogens with zero attached hydrogens (tertiary/aromatic N) is 4. The molecule has 1 aliphatic carbocycles. The van der Waals surface area contributed by atoms with Crippen LogP contribution in [0.3, 0.4) is 0 Å². The van der Waals surface area contributed by atoms with Crippen LogP contribution in [0.25, 0.3) is 11.4 Å². The number of benzene rings is 1. The topological polar surface area (TPSA) is 111 Å².